The summed E-state index contributed by atoms with van der Waals surface area (Å²) < 4.78 is 55.8. The van der Waals surface area contributed by atoms with E-state index in [0.717, 1.165) is 4.31 Å². The number of fused-ring (bicyclic) bond motifs is 3. The number of rotatable bonds is 6. The lowest BCUT2D eigenvalue weighted by molar-refractivity contribution is -0.114. The summed E-state index contributed by atoms with van der Waals surface area (Å²) in [6.07, 6.45) is 0. The minimum absolute atomic E-state index is 0.0654. The van der Waals surface area contributed by atoms with Gasteiger partial charge in [-0.15, -0.1) is 0 Å². The van der Waals surface area contributed by atoms with Gasteiger partial charge in [-0.1, -0.05) is 53.0 Å². The summed E-state index contributed by atoms with van der Waals surface area (Å²) in [7, 11) is -8.01. The van der Waals surface area contributed by atoms with Crippen molar-refractivity contribution in [1.82, 2.24) is 0 Å². The van der Waals surface area contributed by atoms with Gasteiger partial charge in [0.25, 0.3) is 20.0 Å². The number of benzene rings is 4. The van der Waals surface area contributed by atoms with Gasteiger partial charge in [-0.2, -0.15) is 0 Å². The van der Waals surface area contributed by atoms with E-state index in [-0.39, 0.29) is 31.2 Å². The minimum atomic E-state index is -4.04. The Morgan fingerprint density at radius 2 is 1.44 bits per heavy atom. The number of sulfonamides is 2. The Balaban J connectivity index is 1.35. The Morgan fingerprint density at radius 3 is 2.13 bits per heavy atom. The first-order valence-electron chi connectivity index (χ1n) is 11.2. The summed E-state index contributed by atoms with van der Waals surface area (Å²) in [5, 5.41) is 3.58. The number of hydrogen-bond donors (Lipinski definition) is 2. The van der Waals surface area contributed by atoms with Crippen LogP contribution in [0.2, 0.25) is 15.1 Å². The van der Waals surface area contributed by atoms with Crippen molar-refractivity contribution in [3.63, 3.8) is 0 Å². The molecule has 1 aliphatic rings. The maximum atomic E-state index is 13.4. The fourth-order valence-corrected chi connectivity index (χ4v) is 7.54. The highest BCUT2D eigenvalue weighted by Crippen LogP contribution is 2.43. The Hall–Kier alpha value is -3.28. The van der Waals surface area contributed by atoms with Crippen LogP contribution in [0.5, 0.6) is 0 Å². The molecule has 39 heavy (non-hydrogen) atoms. The molecule has 0 radical (unpaired) electrons. The SMILES string of the molecule is O=C(CN1c2ccc(Cl)cc2-c2ccccc2S1(=O)=O)Nc1ccc(S(=O)(=O)Nc2cc(Cl)cc(Cl)c2)cc1. The van der Waals surface area contributed by atoms with Gasteiger partial charge in [0.2, 0.25) is 5.91 Å². The van der Waals surface area contributed by atoms with E-state index < -0.39 is 32.5 Å². The number of carbonyl (C=O) groups excluding carboxylic acids is 1. The molecule has 0 atom stereocenters. The molecule has 1 heterocycles. The van der Waals surface area contributed by atoms with Crippen molar-refractivity contribution < 1.29 is 21.6 Å². The van der Waals surface area contributed by atoms with E-state index in [1.807, 2.05) is 0 Å². The van der Waals surface area contributed by atoms with Crippen LogP contribution >= 0.6 is 34.8 Å². The second kappa shape index (κ2) is 10.4. The topological polar surface area (TPSA) is 113 Å². The normalized spacial score (nSPS) is 13.8. The molecule has 0 spiro atoms. The van der Waals surface area contributed by atoms with E-state index in [1.165, 1.54) is 48.5 Å². The maximum Gasteiger partial charge on any atom is 0.265 e. The molecule has 1 amide bonds. The highest BCUT2D eigenvalue weighted by molar-refractivity contribution is 7.93. The van der Waals surface area contributed by atoms with E-state index in [2.05, 4.69) is 10.0 Å². The van der Waals surface area contributed by atoms with Gasteiger partial charge in [-0.3, -0.25) is 13.8 Å². The van der Waals surface area contributed by atoms with Gasteiger partial charge in [-0.25, -0.2) is 16.8 Å². The Labute approximate surface area is 240 Å². The van der Waals surface area contributed by atoms with Gasteiger partial charge < -0.3 is 5.32 Å². The van der Waals surface area contributed by atoms with E-state index >= 15 is 0 Å². The molecule has 2 N–H and O–H groups in total. The zero-order valence-corrected chi connectivity index (χ0v) is 23.6. The third kappa shape index (κ3) is 5.57. The van der Waals surface area contributed by atoms with E-state index in [9.17, 15) is 21.6 Å². The number of anilines is 3. The van der Waals surface area contributed by atoms with Crippen LogP contribution < -0.4 is 14.3 Å². The minimum Gasteiger partial charge on any atom is -0.325 e. The van der Waals surface area contributed by atoms with Crippen LogP contribution in [0.4, 0.5) is 17.1 Å². The maximum absolute atomic E-state index is 13.4. The number of nitrogens with zero attached hydrogens (tertiary/aromatic N) is 1. The number of halogens is 3. The molecule has 0 saturated heterocycles. The average molecular weight is 623 g/mol. The predicted octanol–water partition coefficient (Wildman–Crippen LogP) is 6.26. The molecule has 0 aliphatic carbocycles. The summed E-state index contributed by atoms with van der Waals surface area (Å²) in [5.41, 5.74) is 1.87. The van der Waals surface area contributed by atoms with Gasteiger partial charge in [0, 0.05) is 31.9 Å². The zero-order valence-electron chi connectivity index (χ0n) is 19.7. The van der Waals surface area contributed by atoms with Gasteiger partial charge >= 0.3 is 0 Å². The molecular formula is C26H18Cl3N3O5S2. The number of hydrogen-bond acceptors (Lipinski definition) is 5. The summed E-state index contributed by atoms with van der Waals surface area (Å²) in [4.78, 5) is 12.9. The molecule has 4 aromatic carbocycles. The number of nitrogens with one attached hydrogen (secondary N) is 2. The molecular weight excluding hydrogens is 605 g/mol. The first-order chi connectivity index (χ1) is 18.4. The zero-order chi connectivity index (χ0) is 27.9. The summed E-state index contributed by atoms with van der Waals surface area (Å²) in [6, 6.07) is 20.9. The van der Waals surface area contributed by atoms with Gasteiger partial charge in [-0.05, 0) is 66.7 Å². The summed E-state index contributed by atoms with van der Waals surface area (Å²) in [6.45, 7) is -0.511. The van der Waals surface area contributed by atoms with Crippen LogP contribution in [0.3, 0.4) is 0 Å². The molecule has 5 rings (SSSR count). The molecule has 0 fully saturated rings. The monoisotopic (exact) mass is 621 g/mol. The van der Waals surface area contributed by atoms with Crippen molar-refractivity contribution in [1.29, 1.82) is 0 Å². The fraction of sp³-hybridized carbons (Fsp3) is 0.0385. The molecule has 0 bridgehead atoms. The lowest BCUT2D eigenvalue weighted by Gasteiger charge is -2.31. The fourth-order valence-electron chi connectivity index (χ4n) is 4.15. The highest BCUT2D eigenvalue weighted by Gasteiger charge is 2.36. The molecule has 4 aromatic rings. The van der Waals surface area contributed by atoms with Gasteiger partial charge in [0.05, 0.1) is 21.2 Å². The van der Waals surface area contributed by atoms with Gasteiger partial charge in [0.1, 0.15) is 6.54 Å². The van der Waals surface area contributed by atoms with E-state index in [0.29, 0.717) is 21.8 Å². The first kappa shape index (κ1) is 27.3. The molecule has 0 unspecified atom stereocenters. The van der Waals surface area contributed by atoms with Crippen LogP contribution in [0.1, 0.15) is 0 Å². The Kier molecular flexibility index (Phi) is 7.25. The van der Waals surface area contributed by atoms with E-state index in [1.54, 1.807) is 36.4 Å². The molecule has 0 aromatic heterocycles. The smallest absolute Gasteiger partial charge is 0.265 e. The second-order valence-corrected chi connectivity index (χ2v) is 13.3. The number of carbonyl (C=O) groups is 1. The third-order valence-electron chi connectivity index (χ3n) is 5.82. The van der Waals surface area contributed by atoms with E-state index in [4.69, 9.17) is 34.8 Å². The third-order valence-corrected chi connectivity index (χ3v) is 9.71. The van der Waals surface area contributed by atoms with Crippen LogP contribution in [0.15, 0.2) is 94.7 Å². The van der Waals surface area contributed by atoms with Crippen LogP contribution in [0.25, 0.3) is 11.1 Å². The average Bonchev–Trinajstić information content (AvgIpc) is 2.86. The lowest BCUT2D eigenvalue weighted by Crippen LogP contribution is -2.40. The predicted molar refractivity (Wildman–Crippen MR) is 154 cm³/mol. The van der Waals surface area contributed by atoms with Crippen molar-refractivity contribution >= 4 is 77.8 Å². The Bertz CT molecular complexity index is 1810. The quantitative estimate of drug-likeness (QED) is 0.264. The molecule has 13 heteroatoms. The van der Waals surface area contributed by atoms with Crippen LogP contribution in [-0.2, 0) is 24.8 Å². The standard InChI is InChI=1S/C26H18Cl3N3O5S2/c27-16-5-10-24-23(14-16)22-3-1-2-4-25(22)39(36,37)32(24)15-26(33)30-19-6-8-21(9-7-19)38(34,35)31-20-12-17(28)11-18(29)13-20/h1-14,31H,15H2,(H,30,33). The molecule has 200 valence electrons. The lowest BCUT2D eigenvalue weighted by atomic mass is 10.0. The van der Waals surface area contributed by atoms with Crippen molar-refractivity contribution in [3.05, 3.63) is 100.0 Å². The van der Waals surface area contributed by atoms with Crippen molar-refractivity contribution in [2.24, 2.45) is 0 Å². The van der Waals surface area contributed by atoms with Crippen LogP contribution in [-0.4, -0.2) is 29.3 Å². The van der Waals surface area contributed by atoms with Crippen molar-refractivity contribution in [2.75, 3.05) is 20.9 Å². The summed E-state index contributed by atoms with van der Waals surface area (Å²) >= 11 is 18.0. The van der Waals surface area contributed by atoms with Crippen molar-refractivity contribution in [3.8, 4) is 11.1 Å². The van der Waals surface area contributed by atoms with Crippen LogP contribution in [0, 0.1) is 0 Å². The van der Waals surface area contributed by atoms with Crippen molar-refractivity contribution in [2.45, 2.75) is 9.79 Å². The second-order valence-electron chi connectivity index (χ2n) is 8.51. The molecule has 1 aliphatic heterocycles. The first-order valence-corrected chi connectivity index (χ1v) is 15.3. The Morgan fingerprint density at radius 1 is 0.769 bits per heavy atom. The van der Waals surface area contributed by atoms with Gasteiger partial charge in [0.15, 0.2) is 0 Å². The largest absolute Gasteiger partial charge is 0.325 e. The highest BCUT2D eigenvalue weighted by atomic mass is 35.5. The number of amides is 1. The summed E-state index contributed by atoms with van der Waals surface area (Å²) in [5.74, 6) is -0.624. The molecule has 0 saturated carbocycles. The molecule has 8 nitrogen and oxygen atoms in total.